The van der Waals surface area contributed by atoms with Gasteiger partial charge in [0.1, 0.15) is 6.61 Å². The molecule has 1 N–H and O–H groups in total. The van der Waals surface area contributed by atoms with Gasteiger partial charge >= 0.3 is 6.18 Å². The fourth-order valence-electron chi connectivity index (χ4n) is 1.40. The molecule has 0 amide bonds. The third-order valence-corrected chi connectivity index (χ3v) is 3.63. The average molecular weight is 322 g/mol. The first kappa shape index (κ1) is 17.4. The predicted octanol–water partition coefficient (Wildman–Crippen LogP) is 1.56. The fourth-order valence-corrected chi connectivity index (χ4v) is 2.53. The highest BCUT2D eigenvalue weighted by Crippen LogP contribution is 2.14. The molecule has 0 saturated heterocycles. The van der Waals surface area contributed by atoms with Gasteiger partial charge in [0.15, 0.2) is 0 Å². The van der Waals surface area contributed by atoms with Crippen molar-refractivity contribution in [3.05, 3.63) is 35.4 Å². The first-order valence-corrected chi connectivity index (χ1v) is 7.48. The van der Waals surface area contributed by atoms with E-state index in [2.05, 4.69) is 9.46 Å². The van der Waals surface area contributed by atoms with Crippen LogP contribution < -0.4 is 4.72 Å². The van der Waals surface area contributed by atoms with Crippen LogP contribution in [0.5, 0.6) is 0 Å². The van der Waals surface area contributed by atoms with E-state index in [0.717, 1.165) is 0 Å². The van der Waals surface area contributed by atoms with Crippen LogP contribution in [-0.4, -0.2) is 34.4 Å². The molecule has 5 nitrogen and oxygen atoms in total. The van der Waals surface area contributed by atoms with Gasteiger partial charge in [-0.3, -0.25) is 0 Å². The molecule has 116 valence electrons. The summed E-state index contributed by atoms with van der Waals surface area (Å²) < 4.78 is 65.1. The van der Waals surface area contributed by atoms with Gasteiger partial charge in [0.05, 0.1) is 24.0 Å². The van der Waals surface area contributed by atoms with Gasteiger partial charge in [0, 0.05) is 6.54 Å². The highest BCUT2D eigenvalue weighted by molar-refractivity contribution is 7.88. The SMILES string of the molecule is N#Cc1ccc(CS(=O)(=O)NCCOCC(F)(F)F)cc1. The lowest BCUT2D eigenvalue weighted by atomic mass is 10.2. The van der Waals surface area contributed by atoms with Gasteiger partial charge in [-0.1, -0.05) is 12.1 Å². The van der Waals surface area contributed by atoms with Crippen LogP contribution >= 0.6 is 0 Å². The van der Waals surface area contributed by atoms with Crippen molar-refractivity contribution >= 4 is 10.0 Å². The zero-order valence-corrected chi connectivity index (χ0v) is 11.7. The predicted molar refractivity (Wildman–Crippen MR) is 68.7 cm³/mol. The zero-order chi connectivity index (χ0) is 15.9. The Bertz CT molecular complexity index is 592. The lowest BCUT2D eigenvalue weighted by molar-refractivity contribution is -0.173. The fraction of sp³-hybridized carbons (Fsp3) is 0.417. The van der Waals surface area contributed by atoms with Crippen LogP contribution in [0.2, 0.25) is 0 Å². The maximum absolute atomic E-state index is 11.8. The molecule has 21 heavy (non-hydrogen) atoms. The van der Waals surface area contributed by atoms with Crippen molar-refractivity contribution in [3.8, 4) is 6.07 Å². The number of halogens is 3. The van der Waals surface area contributed by atoms with Crippen molar-refractivity contribution in [3.63, 3.8) is 0 Å². The maximum atomic E-state index is 11.8. The summed E-state index contributed by atoms with van der Waals surface area (Å²) in [6.45, 7) is -2.02. The Balaban J connectivity index is 2.38. The molecule has 0 bridgehead atoms. The number of sulfonamides is 1. The van der Waals surface area contributed by atoms with Crippen molar-refractivity contribution in [2.45, 2.75) is 11.9 Å². The Morgan fingerprint density at radius 2 is 1.86 bits per heavy atom. The number of nitrogens with one attached hydrogen (secondary N) is 1. The number of ether oxygens (including phenoxy) is 1. The van der Waals surface area contributed by atoms with Gasteiger partial charge in [-0.05, 0) is 17.7 Å². The van der Waals surface area contributed by atoms with E-state index >= 15 is 0 Å². The van der Waals surface area contributed by atoms with E-state index in [0.29, 0.717) is 11.1 Å². The first-order chi connectivity index (χ1) is 9.72. The van der Waals surface area contributed by atoms with Crippen LogP contribution in [0, 0.1) is 11.3 Å². The van der Waals surface area contributed by atoms with Gasteiger partial charge in [-0.2, -0.15) is 18.4 Å². The molecule has 0 unspecified atom stereocenters. The van der Waals surface area contributed by atoms with Crippen LogP contribution in [0.25, 0.3) is 0 Å². The van der Waals surface area contributed by atoms with Crippen molar-refractivity contribution in [2.75, 3.05) is 19.8 Å². The number of hydrogen-bond donors (Lipinski definition) is 1. The number of nitriles is 1. The molecule has 0 atom stereocenters. The molecule has 0 fully saturated rings. The van der Waals surface area contributed by atoms with E-state index in [1.54, 1.807) is 0 Å². The smallest absolute Gasteiger partial charge is 0.371 e. The minimum atomic E-state index is -4.43. The summed E-state index contributed by atoms with van der Waals surface area (Å²) in [5.41, 5.74) is 0.877. The lowest BCUT2D eigenvalue weighted by Crippen LogP contribution is -2.29. The second-order valence-electron chi connectivity index (χ2n) is 4.13. The quantitative estimate of drug-likeness (QED) is 0.773. The third-order valence-electron chi connectivity index (χ3n) is 2.27. The van der Waals surface area contributed by atoms with Gasteiger partial charge in [0.25, 0.3) is 0 Å². The summed E-state index contributed by atoms with van der Waals surface area (Å²) in [6.07, 6.45) is -4.43. The number of rotatable bonds is 7. The third kappa shape index (κ3) is 7.65. The Morgan fingerprint density at radius 3 is 2.38 bits per heavy atom. The van der Waals surface area contributed by atoms with E-state index in [-0.39, 0.29) is 18.9 Å². The Morgan fingerprint density at radius 1 is 1.24 bits per heavy atom. The number of benzene rings is 1. The van der Waals surface area contributed by atoms with E-state index in [1.807, 2.05) is 6.07 Å². The van der Waals surface area contributed by atoms with Crippen LogP contribution in [0.4, 0.5) is 13.2 Å². The van der Waals surface area contributed by atoms with Crippen molar-refractivity contribution < 1.29 is 26.3 Å². The van der Waals surface area contributed by atoms with E-state index in [9.17, 15) is 21.6 Å². The molecule has 1 aromatic carbocycles. The summed E-state index contributed by atoms with van der Waals surface area (Å²) in [5.74, 6) is -0.321. The molecule has 9 heteroatoms. The first-order valence-electron chi connectivity index (χ1n) is 5.83. The summed E-state index contributed by atoms with van der Waals surface area (Å²) in [6, 6.07) is 7.87. The number of hydrogen-bond acceptors (Lipinski definition) is 4. The van der Waals surface area contributed by atoms with Crippen molar-refractivity contribution in [2.24, 2.45) is 0 Å². The lowest BCUT2D eigenvalue weighted by Gasteiger charge is -2.09. The largest absolute Gasteiger partial charge is 0.411 e. The molecular formula is C12H13F3N2O3S. The van der Waals surface area contributed by atoms with Crippen molar-refractivity contribution in [1.82, 2.24) is 4.72 Å². The molecule has 0 aliphatic rings. The van der Waals surface area contributed by atoms with Crippen LogP contribution in [0.15, 0.2) is 24.3 Å². The highest BCUT2D eigenvalue weighted by atomic mass is 32.2. The maximum Gasteiger partial charge on any atom is 0.411 e. The Hall–Kier alpha value is -1.63. The van der Waals surface area contributed by atoms with E-state index in [1.165, 1.54) is 24.3 Å². The summed E-state index contributed by atoms with van der Waals surface area (Å²) in [4.78, 5) is 0. The number of nitrogens with zero attached hydrogens (tertiary/aromatic N) is 1. The molecule has 0 spiro atoms. The van der Waals surface area contributed by atoms with Crippen LogP contribution in [-0.2, 0) is 20.5 Å². The molecule has 0 saturated carbocycles. The average Bonchev–Trinajstić information content (AvgIpc) is 2.37. The zero-order valence-electron chi connectivity index (χ0n) is 10.9. The monoisotopic (exact) mass is 322 g/mol. The van der Waals surface area contributed by atoms with Crippen LogP contribution in [0.3, 0.4) is 0 Å². The van der Waals surface area contributed by atoms with Gasteiger partial charge < -0.3 is 4.74 Å². The molecular weight excluding hydrogens is 309 g/mol. The molecule has 0 radical (unpaired) electrons. The molecule has 0 aliphatic heterocycles. The minimum absolute atomic E-state index is 0.241. The highest BCUT2D eigenvalue weighted by Gasteiger charge is 2.27. The minimum Gasteiger partial charge on any atom is -0.371 e. The molecule has 1 aromatic rings. The molecule has 0 aliphatic carbocycles. The summed E-state index contributed by atoms with van der Waals surface area (Å²) >= 11 is 0. The van der Waals surface area contributed by atoms with Gasteiger partial charge in [0.2, 0.25) is 10.0 Å². The Labute approximate surface area is 120 Å². The van der Waals surface area contributed by atoms with Crippen LogP contribution in [0.1, 0.15) is 11.1 Å². The van der Waals surface area contributed by atoms with Gasteiger partial charge in [-0.25, -0.2) is 13.1 Å². The molecule has 1 rings (SSSR count). The van der Waals surface area contributed by atoms with Crippen molar-refractivity contribution in [1.29, 1.82) is 5.26 Å². The summed E-state index contributed by atoms with van der Waals surface area (Å²) in [7, 11) is -3.66. The standard InChI is InChI=1S/C12H13F3N2O3S/c13-12(14,15)9-20-6-5-17-21(18,19)8-11-3-1-10(7-16)2-4-11/h1-4,17H,5-6,8-9H2. The molecule has 0 heterocycles. The topological polar surface area (TPSA) is 79.2 Å². The summed E-state index contributed by atoms with van der Waals surface area (Å²) in [5, 5.41) is 8.61. The van der Waals surface area contributed by atoms with E-state index < -0.39 is 22.8 Å². The normalized spacial score (nSPS) is 12.1. The van der Waals surface area contributed by atoms with E-state index in [4.69, 9.17) is 5.26 Å². The second kappa shape index (κ2) is 7.40. The van der Waals surface area contributed by atoms with Gasteiger partial charge in [-0.15, -0.1) is 0 Å². The molecule has 0 aromatic heterocycles. The number of alkyl halides is 3. The Kier molecular flexibility index (Phi) is 6.14. The second-order valence-corrected chi connectivity index (χ2v) is 5.94.